The van der Waals surface area contributed by atoms with Crippen molar-refractivity contribution in [3.8, 4) is 0 Å². The van der Waals surface area contributed by atoms with Crippen LogP contribution in [0.1, 0.15) is 5.56 Å². The summed E-state index contributed by atoms with van der Waals surface area (Å²) in [6.45, 7) is 1.70. The van der Waals surface area contributed by atoms with Gasteiger partial charge in [-0.3, -0.25) is 43.5 Å². The van der Waals surface area contributed by atoms with Gasteiger partial charge in [0.25, 0.3) is 27.7 Å². The van der Waals surface area contributed by atoms with Gasteiger partial charge >= 0.3 is 35.3 Å². The zero-order chi connectivity index (χ0) is 27.0. The summed E-state index contributed by atoms with van der Waals surface area (Å²) >= 11 is 0. The molecule has 3 aliphatic heterocycles. The van der Waals surface area contributed by atoms with E-state index in [-0.39, 0.29) is 4.90 Å². The zero-order valence-corrected chi connectivity index (χ0v) is 20.4. The van der Waals surface area contributed by atoms with Gasteiger partial charge in [-0.15, -0.1) is 4.40 Å². The molecule has 16 heteroatoms. The average molecular weight is 521 g/mol. The molecule has 4 rings (SSSR count). The molecule has 3 aliphatic rings. The molecular formula is C20H19N5O10S. The van der Waals surface area contributed by atoms with Crippen LogP contribution in [-0.2, 0) is 38.7 Å². The molecule has 1 aromatic carbocycles. The number of urea groups is 2. The van der Waals surface area contributed by atoms with Crippen molar-refractivity contribution in [1.82, 2.24) is 19.6 Å². The van der Waals surface area contributed by atoms with Crippen LogP contribution in [0.5, 0.6) is 0 Å². The molecule has 0 atom stereocenters. The van der Waals surface area contributed by atoms with Crippen LogP contribution < -0.4 is 0 Å². The molecular weight excluding hydrogens is 502 g/mol. The van der Waals surface area contributed by atoms with Gasteiger partial charge in [-0.05, 0) is 19.1 Å². The van der Waals surface area contributed by atoms with E-state index >= 15 is 0 Å². The molecule has 3 heterocycles. The molecule has 0 radical (unpaired) electrons. The summed E-state index contributed by atoms with van der Waals surface area (Å²) in [7, 11) is -0.856. The number of hydrogen-bond acceptors (Lipinski definition) is 10. The second-order valence-corrected chi connectivity index (χ2v) is 9.81. The maximum Gasteiger partial charge on any atom is 0.377 e. The topological polar surface area (TPSA) is 180 Å². The first-order valence-electron chi connectivity index (χ1n) is 10.1. The SMILES string of the molecule is Cc1ccc(S(=O)(=O)/N=C2\OC3(OC24C(=O)N(C)C(=O)N(C)C4=O)C(=O)N(C)C(=O)N(C)C3=O)cc1. The standard InChI is InChI=1S/C20H19N5O10S/c1-10-6-8-11(9-7-10)36(32,33)21-12-19(13(26)22(2)17(30)23(3)14(19)27)35-20(34-12)15(28)24(4)18(31)25(5)16(20)29/h6-9H,1-5H3/b21-12-. The Labute approximate surface area is 203 Å². The number of sulfonamides is 1. The lowest BCUT2D eigenvalue weighted by molar-refractivity contribution is -0.216. The first kappa shape index (κ1) is 24.9. The van der Waals surface area contributed by atoms with E-state index in [2.05, 4.69) is 4.40 Å². The van der Waals surface area contributed by atoms with Crippen LogP contribution >= 0.6 is 0 Å². The molecule has 3 saturated heterocycles. The summed E-state index contributed by atoms with van der Waals surface area (Å²) in [5.41, 5.74) is -2.44. The van der Waals surface area contributed by atoms with E-state index in [1.807, 2.05) is 0 Å². The molecule has 0 unspecified atom stereocenters. The number of aryl methyl sites for hydroxylation is 1. The summed E-state index contributed by atoms with van der Waals surface area (Å²) in [5, 5.41) is 0. The molecule has 1 aromatic rings. The Morgan fingerprint density at radius 3 is 1.58 bits per heavy atom. The summed E-state index contributed by atoms with van der Waals surface area (Å²) in [6.07, 6.45) is 0. The van der Waals surface area contributed by atoms with Gasteiger partial charge in [0, 0.05) is 28.2 Å². The zero-order valence-electron chi connectivity index (χ0n) is 19.5. The Bertz CT molecular complexity index is 1350. The Kier molecular flexibility index (Phi) is 5.30. The van der Waals surface area contributed by atoms with Crippen molar-refractivity contribution in [2.24, 2.45) is 4.40 Å². The predicted octanol–water partition coefficient (Wildman–Crippen LogP) is -1.34. The van der Waals surface area contributed by atoms with Crippen LogP contribution in [-0.4, -0.2) is 109 Å². The predicted molar refractivity (Wildman–Crippen MR) is 115 cm³/mol. The van der Waals surface area contributed by atoms with Crippen molar-refractivity contribution in [3.63, 3.8) is 0 Å². The summed E-state index contributed by atoms with van der Waals surface area (Å²) < 4.78 is 40.5. The molecule has 0 aliphatic carbocycles. The first-order chi connectivity index (χ1) is 16.6. The van der Waals surface area contributed by atoms with E-state index in [1.165, 1.54) is 24.3 Å². The molecule has 2 spiro atoms. The summed E-state index contributed by atoms with van der Waals surface area (Å²) in [4.78, 5) is 78.7. The van der Waals surface area contributed by atoms with Gasteiger partial charge in [0.15, 0.2) is 0 Å². The third kappa shape index (κ3) is 3.07. The van der Waals surface area contributed by atoms with Crippen LogP contribution in [0.25, 0.3) is 0 Å². The molecule has 36 heavy (non-hydrogen) atoms. The summed E-state index contributed by atoms with van der Waals surface area (Å²) in [5.74, 6) is -10.3. The van der Waals surface area contributed by atoms with E-state index in [0.29, 0.717) is 25.2 Å². The van der Waals surface area contributed by atoms with Gasteiger partial charge in [0.1, 0.15) is 0 Å². The number of amides is 8. The number of nitrogens with zero attached hydrogens (tertiary/aromatic N) is 5. The number of hydrogen-bond donors (Lipinski definition) is 0. The summed E-state index contributed by atoms with van der Waals surface area (Å²) in [6, 6.07) is 3.10. The van der Waals surface area contributed by atoms with Gasteiger partial charge in [0.2, 0.25) is 0 Å². The number of carbonyl (C=O) groups excluding carboxylic acids is 6. The van der Waals surface area contributed by atoms with Crippen molar-refractivity contribution in [2.45, 2.75) is 23.2 Å². The highest BCUT2D eigenvalue weighted by Crippen LogP contribution is 2.42. The van der Waals surface area contributed by atoms with E-state index in [1.54, 1.807) is 6.92 Å². The Hall–Kier alpha value is -4.18. The monoisotopic (exact) mass is 521 g/mol. The maximum atomic E-state index is 13.3. The van der Waals surface area contributed by atoms with Crippen LogP contribution in [0, 0.1) is 6.92 Å². The number of benzene rings is 1. The van der Waals surface area contributed by atoms with E-state index < -0.39 is 63.0 Å². The maximum absolute atomic E-state index is 13.3. The number of barbiturate groups is 2. The molecule has 15 nitrogen and oxygen atoms in total. The Morgan fingerprint density at radius 2 is 1.14 bits per heavy atom. The fourth-order valence-electron chi connectivity index (χ4n) is 3.78. The molecule has 3 fully saturated rings. The number of ether oxygens (including phenoxy) is 2. The van der Waals surface area contributed by atoms with E-state index in [0.717, 1.165) is 28.2 Å². The van der Waals surface area contributed by atoms with Crippen molar-refractivity contribution < 1.29 is 46.7 Å². The number of rotatable bonds is 2. The highest BCUT2D eigenvalue weighted by molar-refractivity contribution is 7.90. The average Bonchev–Trinajstić information content (AvgIpc) is 3.18. The number of imide groups is 4. The normalized spacial score (nSPS) is 23.0. The second-order valence-electron chi connectivity index (χ2n) is 8.21. The van der Waals surface area contributed by atoms with Gasteiger partial charge < -0.3 is 4.74 Å². The Morgan fingerprint density at radius 1 is 0.722 bits per heavy atom. The van der Waals surface area contributed by atoms with Crippen LogP contribution in [0.3, 0.4) is 0 Å². The largest absolute Gasteiger partial charge is 0.427 e. The van der Waals surface area contributed by atoms with Gasteiger partial charge in [-0.2, -0.15) is 8.42 Å². The van der Waals surface area contributed by atoms with Crippen molar-refractivity contribution >= 4 is 51.6 Å². The third-order valence-corrected chi connectivity index (χ3v) is 7.17. The van der Waals surface area contributed by atoms with Gasteiger partial charge in [0.05, 0.1) is 4.90 Å². The second kappa shape index (κ2) is 7.66. The first-order valence-corrected chi connectivity index (χ1v) is 11.6. The lowest BCUT2D eigenvalue weighted by atomic mass is 9.98. The molecule has 0 saturated carbocycles. The minimum atomic E-state index is -4.72. The van der Waals surface area contributed by atoms with Gasteiger partial charge in [-0.25, -0.2) is 9.59 Å². The van der Waals surface area contributed by atoms with Crippen molar-refractivity contribution in [1.29, 1.82) is 0 Å². The number of carbonyl (C=O) groups is 6. The quantitative estimate of drug-likeness (QED) is 0.423. The van der Waals surface area contributed by atoms with Crippen molar-refractivity contribution in [2.75, 3.05) is 28.2 Å². The fourth-order valence-corrected chi connectivity index (χ4v) is 4.75. The highest BCUT2D eigenvalue weighted by Gasteiger charge is 2.77. The molecule has 0 bridgehead atoms. The van der Waals surface area contributed by atoms with Crippen LogP contribution in [0.2, 0.25) is 0 Å². The smallest absolute Gasteiger partial charge is 0.377 e. The van der Waals surface area contributed by atoms with Crippen LogP contribution in [0.15, 0.2) is 33.6 Å². The number of likely N-dealkylation sites (N-methyl/N-ethyl adjacent to an activating group) is 4. The van der Waals surface area contributed by atoms with Crippen molar-refractivity contribution in [3.05, 3.63) is 29.8 Å². The molecule has 8 amide bonds. The lowest BCUT2D eigenvalue weighted by Crippen LogP contribution is -2.72. The van der Waals surface area contributed by atoms with E-state index in [9.17, 15) is 37.2 Å². The van der Waals surface area contributed by atoms with Crippen LogP contribution in [0.4, 0.5) is 9.59 Å². The van der Waals surface area contributed by atoms with Gasteiger partial charge in [-0.1, -0.05) is 17.7 Å². The molecule has 0 N–H and O–H groups in total. The minimum absolute atomic E-state index is 0.375. The third-order valence-electron chi connectivity index (χ3n) is 5.89. The lowest BCUT2D eigenvalue weighted by Gasteiger charge is -2.39. The Balaban J connectivity index is 1.99. The molecule has 0 aromatic heterocycles. The minimum Gasteiger partial charge on any atom is -0.427 e. The molecule has 190 valence electrons. The highest BCUT2D eigenvalue weighted by atomic mass is 32.2. The van der Waals surface area contributed by atoms with E-state index in [4.69, 9.17) is 9.47 Å². The fraction of sp³-hybridized carbons (Fsp3) is 0.350.